The summed E-state index contributed by atoms with van der Waals surface area (Å²) in [5.74, 6) is 0. The third-order valence-corrected chi connectivity index (χ3v) is 5.18. The summed E-state index contributed by atoms with van der Waals surface area (Å²) < 4.78 is 26.8. The standard InChI is InChI=1S/C16H17ClN2O4S/c1-12-2-8-16(9-3-12)24(22,23)18-11-14(17)10-13-4-6-15(7-5-13)19(20)21/h2-9,14,18H,10-11H2,1H3. The van der Waals surface area contributed by atoms with E-state index in [-0.39, 0.29) is 17.1 Å². The third-order valence-electron chi connectivity index (χ3n) is 3.43. The van der Waals surface area contributed by atoms with Gasteiger partial charge in [-0.05, 0) is 31.0 Å². The molecular formula is C16H17ClN2O4S. The molecule has 1 atom stereocenters. The van der Waals surface area contributed by atoms with Crippen LogP contribution in [-0.2, 0) is 16.4 Å². The Morgan fingerprint density at radius 1 is 1.12 bits per heavy atom. The van der Waals surface area contributed by atoms with Gasteiger partial charge in [0.1, 0.15) is 0 Å². The molecule has 0 aliphatic heterocycles. The zero-order chi connectivity index (χ0) is 17.7. The summed E-state index contributed by atoms with van der Waals surface area (Å²) in [5.41, 5.74) is 1.78. The molecule has 6 nitrogen and oxygen atoms in total. The van der Waals surface area contributed by atoms with Crippen LogP contribution in [0.1, 0.15) is 11.1 Å². The van der Waals surface area contributed by atoms with Crippen LogP contribution in [0.3, 0.4) is 0 Å². The quantitative estimate of drug-likeness (QED) is 0.462. The summed E-state index contributed by atoms with van der Waals surface area (Å²) in [7, 11) is -3.61. The lowest BCUT2D eigenvalue weighted by Crippen LogP contribution is -2.30. The number of benzene rings is 2. The fourth-order valence-electron chi connectivity index (χ4n) is 2.08. The molecule has 0 saturated heterocycles. The van der Waals surface area contributed by atoms with E-state index in [0.717, 1.165) is 11.1 Å². The van der Waals surface area contributed by atoms with Gasteiger partial charge < -0.3 is 0 Å². The number of alkyl halides is 1. The largest absolute Gasteiger partial charge is 0.269 e. The van der Waals surface area contributed by atoms with Crippen LogP contribution in [0.15, 0.2) is 53.4 Å². The predicted molar refractivity (Wildman–Crippen MR) is 92.8 cm³/mol. The molecule has 0 heterocycles. The highest BCUT2D eigenvalue weighted by Crippen LogP contribution is 2.15. The number of halogens is 1. The van der Waals surface area contributed by atoms with Crippen LogP contribution in [0.25, 0.3) is 0 Å². The van der Waals surface area contributed by atoms with E-state index < -0.39 is 20.3 Å². The van der Waals surface area contributed by atoms with Crippen LogP contribution in [0.4, 0.5) is 5.69 Å². The molecule has 0 bridgehead atoms. The van der Waals surface area contributed by atoms with E-state index in [2.05, 4.69) is 4.72 Å². The molecule has 128 valence electrons. The number of non-ortho nitro benzene ring substituents is 1. The lowest BCUT2D eigenvalue weighted by atomic mass is 10.1. The smallest absolute Gasteiger partial charge is 0.258 e. The maximum Gasteiger partial charge on any atom is 0.269 e. The van der Waals surface area contributed by atoms with Gasteiger partial charge in [-0.3, -0.25) is 10.1 Å². The van der Waals surface area contributed by atoms with Gasteiger partial charge in [0, 0.05) is 18.7 Å². The molecule has 8 heteroatoms. The molecule has 2 aromatic rings. The molecule has 0 amide bonds. The zero-order valence-corrected chi connectivity index (χ0v) is 14.5. The monoisotopic (exact) mass is 368 g/mol. The average Bonchev–Trinajstić information content (AvgIpc) is 2.54. The first-order valence-corrected chi connectivity index (χ1v) is 9.13. The molecule has 0 fully saturated rings. The van der Waals surface area contributed by atoms with E-state index in [9.17, 15) is 18.5 Å². The van der Waals surface area contributed by atoms with Gasteiger partial charge >= 0.3 is 0 Å². The second-order valence-electron chi connectivity index (χ2n) is 5.39. The van der Waals surface area contributed by atoms with E-state index in [1.165, 1.54) is 24.3 Å². The summed E-state index contributed by atoms with van der Waals surface area (Å²) in [6.45, 7) is 1.94. The first-order valence-electron chi connectivity index (χ1n) is 7.21. The maximum atomic E-state index is 12.2. The number of aryl methyl sites for hydroxylation is 1. The molecule has 0 aromatic heterocycles. The van der Waals surface area contributed by atoms with Crippen molar-refractivity contribution in [3.05, 3.63) is 69.8 Å². The number of nitrogens with one attached hydrogen (secondary N) is 1. The van der Waals surface area contributed by atoms with Gasteiger partial charge in [0.05, 0.1) is 15.2 Å². The van der Waals surface area contributed by atoms with Gasteiger partial charge in [0.25, 0.3) is 5.69 Å². The first kappa shape index (κ1) is 18.4. The number of hydrogen-bond donors (Lipinski definition) is 1. The Labute approximate surface area is 145 Å². The number of nitro benzene ring substituents is 1. The Kier molecular flexibility index (Phi) is 5.93. The second-order valence-corrected chi connectivity index (χ2v) is 7.77. The highest BCUT2D eigenvalue weighted by atomic mass is 35.5. The van der Waals surface area contributed by atoms with Gasteiger partial charge in [0.2, 0.25) is 10.0 Å². The van der Waals surface area contributed by atoms with Gasteiger partial charge in [-0.15, -0.1) is 11.6 Å². The fourth-order valence-corrected chi connectivity index (χ4v) is 3.51. The SMILES string of the molecule is Cc1ccc(S(=O)(=O)NCC(Cl)Cc2ccc([N+](=O)[O-])cc2)cc1. The Bertz CT molecular complexity index is 805. The summed E-state index contributed by atoms with van der Waals surface area (Å²) >= 11 is 6.18. The van der Waals surface area contributed by atoms with Crippen molar-refractivity contribution in [3.63, 3.8) is 0 Å². The Hall–Kier alpha value is -1.96. The van der Waals surface area contributed by atoms with E-state index in [0.29, 0.717) is 6.42 Å². The predicted octanol–water partition coefficient (Wildman–Crippen LogP) is 3.03. The van der Waals surface area contributed by atoms with Crippen molar-refractivity contribution < 1.29 is 13.3 Å². The molecule has 0 saturated carbocycles. The lowest BCUT2D eigenvalue weighted by Gasteiger charge is -2.12. The maximum absolute atomic E-state index is 12.2. The Morgan fingerprint density at radius 3 is 2.25 bits per heavy atom. The van der Waals surface area contributed by atoms with Gasteiger partial charge in [-0.2, -0.15) is 0 Å². The van der Waals surface area contributed by atoms with Crippen molar-refractivity contribution in [2.24, 2.45) is 0 Å². The van der Waals surface area contributed by atoms with Gasteiger partial charge in [0.15, 0.2) is 0 Å². The molecule has 0 radical (unpaired) electrons. The summed E-state index contributed by atoms with van der Waals surface area (Å²) in [4.78, 5) is 10.3. The lowest BCUT2D eigenvalue weighted by molar-refractivity contribution is -0.384. The first-order chi connectivity index (χ1) is 11.3. The minimum absolute atomic E-state index is 0.00458. The molecule has 2 rings (SSSR count). The van der Waals surface area contributed by atoms with Crippen molar-refractivity contribution in [3.8, 4) is 0 Å². The molecule has 1 unspecified atom stereocenters. The average molecular weight is 369 g/mol. The van der Waals surface area contributed by atoms with Crippen LogP contribution in [0.5, 0.6) is 0 Å². The molecule has 1 N–H and O–H groups in total. The summed E-state index contributed by atoms with van der Waals surface area (Å²) in [5, 5.41) is 10.1. The number of rotatable bonds is 7. The van der Waals surface area contributed by atoms with E-state index in [4.69, 9.17) is 11.6 Å². The van der Waals surface area contributed by atoms with E-state index in [1.54, 1.807) is 24.3 Å². The summed E-state index contributed by atoms with van der Waals surface area (Å²) in [6.07, 6.45) is 0.399. The normalized spacial score (nSPS) is 12.8. The van der Waals surface area contributed by atoms with Crippen LogP contribution in [-0.4, -0.2) is 25.3 Å². The minimum atomic E-state index is -3.61. The number of hydrogen-bond acceptors (Lipinski definition) is 4. The van der Waals surface area contributed by atoms with Crippen LogP contribution in [0.2, 0.25) is 0 Å². The zero-order valence-electron chi connectivity index (χ0n) is 13.0. The van der Waals surface area contributed by atoms with Crippen molar-refractivity contribution in [2.75, 3.05) is 6.54 Å². The van der Waals surface area contributed by atoms with Crippen LogP contribution < -0.4 is 4.72 Å². The molecule has 2 aromatic carbocycles. The Balaban J connectivity index is 1.93. The van der Waals surface area contributed by atoms with E-state index in [1.807, 2.05) is 6.92 Å². The highest BCUT2D eigenvalue weighted by Gasteiger charge is 2.16. The van der Waals surface area contributed by atoms with Crippen LogP contribution in [0, 0.1) is 17.0 Å². The fraction of sp³-hybridized carbons (Fsp3) is 0.250. The molecule has 0 spiro atoms. The number of sulfonamides is 1. The molecule has 0 aliphatic carbocycles. The molecular weight excluding hydrogens is 352 g/mol. The minimum Gasteiger partial charge on any atom is -0.258 e. The highest BCUT2D eigenvalue weighted by molar-refractivity contribution is 7.89. The van der Waals surface area contributed by atoms with Gasteiger partial charge in [-0.25, -0.2) is 13.1 Å². The second kappa shape index (κ2) is 7.74. The van der Waals surface area contributed by atoms with Crippen molar-refractivity contribution in [2.45, 2.75) is 23.6 Å². The van der Waals surface area contributed by atoms with Gasteiger partial charge in [-0.1, -0.05) is 29.8 Å². The van der Waals surface area contributed by atoms with Crippen molar-refractivity contribution in [1.29, 1.82) is 0 Å². The van der Waals surface area contributed by atoms with Crippen molar-refractivity contribution >= 4 is 27.3 Å². The Morgan fingerprint density at radius 2 is 1.71 bits per heavy atom. The molecule has 24 heavy (non-hydrogen) atoms. The summed E-state index contributed by atoms with van der Waals surface area (Å²) in [6, 6.07) is 12.6. The number of nitro groups is 1. The van der Waals surface area contributed by atoms with E-state index >= 15 is 0 Å². The third kappa shape index (κ3) is 5.02. The van der Waals surface area contributed by atoms with Crippen molar-refractivity contribution in [1.82, 2.24) is 4.72 Å². The van der Waals surface area contributed by atoms with Crippen LogP contribution >= 0.6 is 11.6 Å². The molecule has 0 aliphatic rings. The topological polar surface area (TPSA) is 89.3 Å². The number of nitrogens with zero attached hydrogens (tertiary/aromatic N) is 1.